The topological polar surface area (TPSA) is 75.3 Å². The lowest BCUT2D eigenvalue weighted by Crippen LogP contribution is -2.27. The zero-order chi connectivity index (χ0) is 16.9. The highest BCUT2D eigenvalue weighted by Crippen LogP contribution is 2.10. The molecule has 122 valence electrons. The van der Waals surface area contributed by atoms with Gasteiger partial charge in [-0.05, 0) is 43.3 Å². The van der Waals surface area contributed by atoms with Gasteiger partial charge in [0.15, 0.2) is 0 Å². The van der Waals surface area contributed by atoms with Gasteiger partial charge >= 0.3 is 0 Å². The maximum absolute atomic E-state index is 12.8. The van der Waals surface area contributed by atoms with Crippen LogP contribution in [0.2, 0.25) is 0 Å². The second-order valence-corrected chi connectivity index (χ2v) is 6.78. The van der Waals surface area contributed by atoms with E-state index in [9.17, 15) is 17.6 Å². The van der Waals surface area contributed by atoms with Gasteiger partial charge in [0, 0.05) is 18.7 Å². The van der Waals surface area contributed by atoms with Crippen molar-refractivity contribution in [3.05, 3.63) is 59.9 Å². The molecule has 2 aromatic carbocycles. The summed E-state index contributed by atoms with van der Waals surface area (Å²) in [6, 6.07) is 11.8. The largest absolute Gasteiger partial charge is 0.326 e. The summed E-state index contributed by atoms with van der Waals surface area (Å²) < 4.78 is 39.2. The van der Waals surface area contributed by atoms with Crippen molar-refractivity contribution in [3.8, 4) is 0 Å². The van der Waals surface area contributed by atoms with Gasteiger partial charge in [-0.25, -0.2) is 17.5 Å². The lowest BCUT2D eigenvalue weighted by atomic mass is 10.2. The molecule has 23 heavy (non-hydrogen) atoms. The number of amides is 1. The standard InChI is InChI=1S/C16H17FN2O3S/c1-12-2-8-15(9-3-12)23(21,22)18-11-10-16(20)19-14-6-4-13(17)5-7-14/h2-9,18H,10-11H2,1H3,(H,19,20). The molecule has 0 spiro atoms. The van der Waals surface area contributed by atoms with Crippen molar-refractivity contribution in [2.75, 3.05) is 11.9 Å². The molecule has 0 aliphatic heterocycles. The van der Waals surface area contributed by atoms with Crippen LogP contribution in [0.5, 0.6) is 0 Å². The van der Waals surface area contributed by atoms with E-state index < -0.39 is 15.8 Å². The van der Waals surface area contributed by atoms with Crippen molar-refractivity contribution in [3.63, 3.8) is 0 Å². The first-order valence-electron chi connectivity index (χ1n) is 6.98. The average Bonchev–Trinajstić information content (AvgIpc) is 2.50. The maximum Gasteiger partial charge on any atom is 0.240 e. The van der Waals surface area contributed by atoms with E-state index in [1.165, 1.54) is 36.4 Å². The molecule has 0 unspecified atom stereocenters. The van der Waals surface area contributed by atoms with Crippen LogP contribution in [0.3, 0.4) is 0 Å². The molecule has 1 amide bonds. The quantitative estimate of drug-likeness (QED) is 0.851. The van der Waals surface area contributed by atoms with Gasteiger partial charge in [0.25, 0.3) is 0 Å². The zero-order valence-electron chi connectivity index (χ0n) is 12.5. The van der Waals surface area contributed by atoms with Crippen molar-refractivity contribution in [1.29, 1.82) is 0 Å². The second kappa shape index (κ2) is 7.34. The second-order valence-electron chi connectivity index (χ2n) is 5.02. The monoisotopic (exact) mass is 336 g/mol. The fraction of sp³-hybridized carbons (Fsp3) is 0.188. The fourth-order valence-corrected chi connectivity index (χ4v) is 2.89. The SMILES string of the molecule is Cc1ccc(S(=O)(=O)NCCC(=O)Nc2ccc(F)cc2)cc1. The van der Waals surface area contributed by atoms with E-state index in [1.54, 1.807) is 12.1 Å². The van der Waals surface area contributed by atoms with Crippen molar-refractivity contribution < 1.29 is 17.6 Å². The van der Waals surface area contributed by atoms with Crippen LogP contribution in [0.1, 0.15) is 12.0 Å². The van der Waals surface area contributed by atoms with Gasteiger partial charge in [0.1, 0.15) is 5.82 Å². The highest BCUT2D eigenvalue weighted by molar-refractivity contribution is 7.89. The number of rotatable bonds is 6. The Morgan fingerprint density at radius 3 is 2.26 bits per heavy atom. The number of nitrogens with one attached hydrogen (secondary N) is 2. The predicted octanol–water partition coefficient (Wildman–Crippen LogP) is 2.44. The molecule has 0 atom stereocenters. The highest BCUT2D eigenvalue weighted by Gasteiger charge is 2.13. The van der Waals surface area contributed by atoms with Crippen LogP contribution >= 0.6 is 0 Å². The molecule has 0 saturated heterocycles. The Balaban J connectivity index is 1.85. The number of hydrogen-bond acceptors (Lipinski definition) is 3. The van der Waals surface area contributed by atoms with Gasteiger partial charge in [0.05, 0.1) is 4.90 Å². The number of hydrogen-bond donors (Lipinski definition) is 2. The molecule has 7 heteroatoms. The van der Waals surface area contributed by atoms with E-state index in [0.29, 0.717) is 5.69 Å². The van der Waals surface area contributed by atoms with Crippen molar-refractivity contribution in [2.24, 2.45) is 0 Å². The summed E-state index contributed by atoms with van der Waals surface area (Å²) in [6.07, 6.45) is -0.0253. The van der Waals surface area contributed by atoms with Crippen LogP contribution in [0.25, 0.3) is 0 Å². The van der Waals surface area contributed by atoms with E-state index in [1.807, 2.05) is 6.92 Å². The third-order valence-corrected chi connectivity index (χ3v) is 4.58. The molecule has 2 N–H and O–H groups in total. The molecule has 0 saturated carbocycles. The number of anilines is 1. The predicted molar refractivity (Wildman–Crippen MR) is 86.0 cm³/mol. The Bertz CT molecular complexity index is 772. The Morgan fingerprint density at radius 1 is 1.04 bits per heavy atom. The van der Waals surface area contributed by atoms with Gasteiger partial charge in [-0.15, -0.1) is 0 Å². The minimum absolute atomic E-state index is 0.0246. The third kappa shape index (κ3) is 5.15. The van der Waals surface area contributed by atoms with E-state index in [4.69, 9.17) is 0 Å². The minimum atomic E-state index is -3.63. The molecule has 0 aromatic heterocycles. The van der Waals surface area contributed by atoms with Crippen molar-refractivity contribution >= 4 is 21.6 Å². The summed E-state index contributed by atoms with van der Waals surface area (Å²) in [5.41, 5.74) is 1.42. The Kier molecular flexibility index (Phi) is 5.46. The molecule has 0 bridgehead atoms. The number of aryl methyl sites for hydroxylation is 1. The first-order valence-corrected chi connectivity index (χ1v) is 8.47. The van der Waals surface area contributed by atoms with Gasteiger partial charge in [-0.2, -0.15) is 0 Å². The minimum Gasteiger partial charge on any atom is -0.326 e. The lowest BCUT2D eigenvalue weighted by molar-refractivity contribution is -0.116. The number of sulfonamides is 1. The molecule has 0 aliphatic carbocycles. The summed E-state index contributed by atoms with van der Waals surface area (Å²) >= 11 is 0. The van der Waals surface area contributed by atoms with Crippen LogP contribution in [-0.4, -0.2) is 20.9 Å². The zero-order valence-corrected chi connectivity index (χ0v) is 13.4. The molecular weight excluding hydrogens is 319 g/mol. The van der Waals surface area contributed by atoms with Crippen molar-refractivity contribution in [1.82, 2.24) is 4.72 Å². The maximum atomic E-state index is 12.8. The van der Waals surface area contributed by atoms with Crippen LogP contribution in [0.4, 0.5) is 10.1 Å². The first-order chi connectivity index (χ1) is 10.9. The van der Waals surface area contributed by atoms with Crippen molar-refractivity contribution in [2.45, 2.75) is 18.2 Å². The lowest BCUT2D eigenvalue weighted by Gasteiger charge is -2.08. The van der Waals surface area contributed by atoms with E-state index in [-0.39, 0.29) is 23.8 Å². The summed E-state index contributed by atoms with van der Waals surface area (Å²) in [7, 11) is -3.63. The van der Waals surface area contributed by atoms with E-state index >= 15 is 0 Å². The number of benzene rings is 2. The van der Waals surface area contributed by atoms with Crippen LogP contribution in [-0.2, 0) is 14.8 Å². The number of carbonyl (C=O) groups is 1. The van der Waals surface area contributed by atoms with Gasteiger partial charge in [-0.1, -0.05) is 17.7 Å². The average molecular weight is 336 g/mol. The molecule has 0 aliphatic rings. The fourth-order valence-electron chi connectivity index (χ4n) is 1.86. The molecule has 0 radical (unpaired) electrons. The Morgan fingerprint density at radius 2 is 1.65 bits per heavy atom. The molecular formula is C16H17FN2O3S. The molecule has 0 heterocycles. The summed E-state index contributed by atoms with van der Waals surface area (Å²) in [4.78, 5) is 11.9. The molecule has 2 aromatic rings. The third-order valence-electron chi connectivity index (χ3n) is 3.10. The van der Waals surface area contributed by atoms with Crippen LogP contribution < -0.4 is 10.0 Å². The highest BCUT2D eigenvalue weighted by atomic mass is 32.2. The Labute approximate surface area is 134 Å². The summed E-state index contributed by atoms with van der Waals surface area (Å²) in [5.74, 6) is -0.753. The normalized spacial score (nSPS) is 11.2. The molecule has 0 fully saturated rings. The summed E-state index contributed by atoms with van der Waals surface area (Å²) in [5, 5.41) is 2.56. The first kappa shape index (κ1) is 17.1. The number of carbonyl (C=O) groups excluding carboxylic acids is 1. The molecule has 5 nitrogen and oxygen atoms in total. The van der Waals surface area contributed by atoms with Crippen LogP contribution in [0, 0.1) is 12.7 Å². The van der Waals surface area contributed by atoms with Gasteiger partial charge in [-0.3, -0.25) is 4.79 Å². The smallest absolute Gasteiger partial charge is 0.240 e. The molecule has 2 rings (SSSR count). The summed E-state index contributed by atoms with van der Waals surface area (Å²) in [6.45, 7) is 1.84. The van der Waals surface area contributed by atoms with E-state index in [2.05, 4.69) is 10.0 Å². The Hall–Kier alpha value is -2.25. The van der Waals surface area contributed by atoms with Crippen LogP contribution in [0.15, 0.2) is 53.4 Å². The van der Waals surface area contributed by atoms with Gasteiger partial charge in [0.2, 0.25) is 15.9 Å². The van der Waals surface area contributed by atoms with E-state index in [0.717, 1.165) is 5.56 Å². The number of halogens is 1. The van der Waals surface area contributed by atoms with Gasteiger partial charge < -0.3 is 5.32 Å².